The lowest BCUT2D eigenvalue weighted by Crippen LogP contribution is -2.49. The van der Waals surface area contributed by atoms with Crippen LogP contribution in [-0.2, 0) is 4.79 Å². The predicted octanol–water partition coefficient (Wildman–Crippen LogP) is 3.96. The Morgan fingerprint density at radius 2 is 2.04 bits per heavy atom. The maximum atomic E-state index is 12.5. The molecule has 146 valence electrons. The van der Waals surface area contributed by atoms with E-state index >= 15 is 0 Å². The number of rotatable bonds is 6. The number of carbonyl (C=O) groups is 1. The summed E-state index contributed by atoms with van der Waals surface area (Å²) in [6, 6.07) is 9.81. The molecule has 8 heteroatoms. The van der Waals surface area contributed by atoms with Crippen LogP contribution in [0.5, 0.6) is 5.75 Å². The van der Waals surface area contributed by atoms with Gasteiger partial charge in [0, 0.05) is 37.1 Å². The van der Waals surface area contributed by atoms with Crippen molar-refractivity contribution in [2.75, 3.05) is 37.7 Å². The molecule has 1 aliphatic rings. The van der Waals surface area contributed by atoms with Crippen LogP contribution in [0.2, 0.25) is 0 Å². The average Bonchev–Trinajstić information content (AvgIpc) is 3.20. The first-order valence-corrected chi connectivity index (χ1v) is 11.0. The molecule has 1 amide bonds. The molecule has 0 saturated carbocycles. The van der Waals surface area contributed by atoms with E-state index in [0.29, 0.717) is 19.4 Å². The molecule has 0 N–H and O–H groups in total. The van der Waals surface area contributed by atoms with Gasteiger partial charge in [0.05, 0.1) is 12.0 Å². The van der Waals surface area contributed by atoms with Crippen molar-refractivity contribution in [3.8, 4) is 5.75 Å². The number of aromatic nitrogens is 2. The third-order valence-electron chi connectivity index (χ3n) is 4.77. The lowest BCUT2D eigenvalue weighted by molar-refractivity contribution is -0.131. The van der Waals surface area contributed by atoms with Crippen LogP contribution in [0.1, 0.15) is 12.8 Å². The molecule has 3 aromatic rings. The molecule has 1 fully saturated rings. The molecule has 28 heavy (non-hydrogen) atoms. The topological polar surface area (TPSA) is 58.6 Å². The van der Waals surface area contributed by atoms with Gasteiger partial charge >= 0.3 is 0 Å². The van der Waals surface area contributed by atoms with Crippen molar-refractivity contribution in [3.63, 3.8) is 0 Å². The smallest absolute Gasteiger partial charge is 0.222 e. The van der Waals surface area contributed by atoms with Crippen LogP contribution in [0.15, 0.2) is 46.5 Å². The Morgan fingerprint density at radius 3 is 2.86 bits per heavy atom. The number of ether oxygens (including phenoxy) is 1. The summed E-state index contributed by atoms with van der Waals surface area (Å²) in [5, 5.41) is 3.13. The molecule has 1 saturated heterocycles. The minimum atomic E-state index is 0.195. The number of amides is 1. The number of nitrogens with zero attached hydrogens (tertiary/aromatic N) is 4. The van der Waals surface area contributed by atoms with E-state index in [9.17, 15) is 4.79 Å². The number of anilines is 1. The van der Waals surface area contributed by atoms with Crippen molar-refractivity contribution >= 4 is 49.2 Å². The van der Waals surface area contributed by atoms with E-state index in [4.69, 9.17) is 4.74 Å². The zero-order valence-electron chi connectivity index (χ0n) is 15.4. The summed E-state index contributed by atoms with van der Waals surface area (Å²) in [5.41, 5.74) is 0. The number of hydrogen-bond donors (Lipinski definition) is 0. The average molecular weight is 461 g/mol. The number of hydrogen-bond acceptors (Lipinski definition) is 6. The highest BCUT2D eigenvalue weighted by atomic mass is 79.9. The molecule has 1 aliphatic heterocycles. The van der Waals surface area contributed by atoms with E-state index in [1.54, 1.807) is 17.7 Å². The Morgan fingerprint density at radius 1 is 1.18 bits per heavy atom. The second kappa shape index (κ2) is 8.87. The highest BCUT2D eigenvalue weighted by molar-refractivity contribution is 9.10. The lowest BCUT2D eigenvalue weighted by Gasteiger charge is -2.35. The van der Waals surface area contributed by atoms with Gasteiger partial charge in [0.1, 0.15) is 22.7 Å². The van der Waals surface area contributed by atoms with Gasteiger partial charge in [0.2, 0.25) is 5.91 Å². The Balaban J connectivity index is 1.23. The molecule has 0 bridgehead atoms. The molecule has 0 spiro atoms. The number of fused-ring (bicyclic) bond motifs is 1. The van der Waals surface area contributed by atoms with Crippen LogP contribution in [0.3, 0.4) is 0 Å². The molecule has 0 atom stereocenters. The lowest BCUT2D eigenvalue weighted by atomic mass is 10.2. The van der Waals surface area contributed by atoms with Gasteiger partial charge in [0.25, 0.3) is 0 Å². The van der Waals surface area contributed by atoms with Gasteiger partial charge in [0.15, 0.2) is 0 Å². The first-order chi connectivity index (χ1) is 13.7. The van der Waals surface area contributed by atoms with E-state index in [-0.39, 0.29) is 5.91 Å². The summed E-state index contributed by atoms with van der Waals surface area (Å²) in [4.78, 5) is 26.5. The fraction of sp³-hybridized carbons (Fsp3) is 0.350. The highest BCUT2D eigenvalue weighted by Crippen LogP contribution is 2.27. The van der Waals surface area contributed by atoms with E-state index in [1.807, 2.05) is 34.5 Å². The fourth-order valence-electron chi connectivity index (χ4n) is 3.32. The quantitative estimate of drug-likeness (QED) is 0.521. The summed E-state index contributed by atoms with van der Waals surface area (Å²) in [6.45, 7) is 3.58. The Kier molecular flexibility index (Phi) is 6.07. The van der Waals surface area contributed by atoms with Crippen LogP contribution in [0.25, 0.3) is 10.2 Å². The molecule has 0 unspecified atom stereocenters. The summed E-state index contributed by atoms with van der Waals surface area (Å²) in [5.74, 6) is 1.99. The van der Waals surface area contributed by atoms with Crippen molar-refractivity contribution in [2.45, 2.75) is 12.8 Å². The second-order valence-corrected chi connectivity index (χ2v) is 8.42. The predicted molar refractivity (Wildman–Crippen MR) is 115 cm³/mol. The summed E-state index contributed by atoms with van der Waals surface area (Å²) >= 11 is 5.05. The van der Waals surface area contributed by atoms with Gasteiger partial charge < -0.3 is 14.5 Å². The number of piperazine rings is 1. The Bertz CT molecular complexity index is 956. The zero-order chi connectivity index (χ0) is 19.3. The largest absolute Gasteiger partial charge is 0.494 e. The van der Waals surface area contributed by atoms with Crippen molar-refractivity contribution in [2.24, 2.45) is 0 Å². The first kappa shape index (κ1) is 19.1. The number of benzene rings is 1. The van der Waals surface area contributed by atoms with E-state index in [2.05, 4.69) is 36.9 Å². The van der Waals surface area contributed by atoms with Crippen molar-refractivity contribution in [1.29, 1.82) is 0 Å². The maximum Gasteiger partial charge on any atom is 0.222 e. The van der Waals surface area contributed by atoms with E-state index in [1.165, 1.54) is 0 Å². The van der Waals surface area contributed by atoms with Gasteiger partial charge in [-0.05, 0) is 36.1 Å². The monoisotopic (exact) mass is 460 g/mol. The fourth-order valence-corrected chi connectivity index (χ4v) is 4.43. The minimum Gasteiger partial charge on any atom is -0.494 e. The Hall–Kier alpha value is -2.19. The summed E-state index contributed by atoms with van der Waals surface area (Å²) < 4.78 is 6.70. The van der Waals surface area contributed by atoms with E-state index in [0.717, 1.165) is 52.4 Å². The van der Waals surface area contributed by atoms with Crippen molar-refractivity contribution in [1.82, 2.24) is 14.9 Å². The summed E-state index contributed by atoms with van der Waals surface area (Å²) in [6.07, 6.45) is 2.85. The van der Waals surface area contributed by atoms with Crippen LogP contribution < -0.4 is 9.64 Å². The van der Waals surface area contributed by atoms with Gasteiger partial charge in [-0.2, -0.15) is 0 Å². The van der Waals surface area contributed by atoms with E-state index < -0.39 is 0 Å². The highest BCUT2D eigenvalue weighted by Gasteiger charge is 2.23. The van der Waals surface area contributed by atoms with Gasteiger partial charge in [-0.1, -0.05) is 22.0 Å². The second-order valence-electron chi connectivity index (χ2n) is 6.61. The van der Waals surface area contributed by atoms with Crippen LogP contribution >= 0.6 is 27.3 Å². The molecule has 1 aromatic carbocycles. The molecule has 6 nitrogen and oxygen atoms in total. The Labute approximate surface area is 176 Å². The molecule has 3 heterocycles. The molecule has 2 aromatic heterocycles. The summed E-state index contributed by atoms with van der Waals surface area (Å²) in [7, 11) is 0. The third-order valence-corrected chi connectivity index (χ3v) is 6.09. The number of carbonyl (C=O) groups excluding carboxylic acids is 1. The zero-order valence-corrected chi connectivity index (χ0v) is 17.8. The molecule has 4 rings (SSSR count). The first-order valence-electron chi connectivity index (χ1n) is 9.30. The van der Waals surface area contributed by atoms with Crippen LogP contribution in [0.4, 0.5) is 5.82 Å². The van der Waals surface area contributed by atoms with Crippen molar-refractivity contribution < 1.29 is 9.53 Å². The van der Waals surface area contributed by atoms with Crippen LogP contribution in [-0.4, -0.2) is 53.6 Å². The number of thiophene rings is 1. The van der Waals surface area contributed by atoms with Crippen molar-refractivity contribution in [3.05, 3.63) is 46.5 Å². The molecular formula is C20H21BrN4O2S. The SMILES string of the molecule is O=C(CCCOc1cccc(Br)c1)N1CCN(c2ncnc3sccc23)CC1. The van der Waals surface area contributed by atoms with Gasteiger partial charge in [-0.15, -0.1) is 11.3 Å². The molecular weight excluding hydrogens is 440 g/mol. The third kappa shape index (κ3) is 4.44. The van der Waals surface area contributed by atoms with Gasteiger partial charge in [-0.25, -0.2) is 9.97 Å². The number of halogens is 1. The maximum absolute atomic E-state index is 12.5. The standard InChI is InChI=1S/C20H21BrN4O2S/c21-15-3-1-4-16(13-15)27-11-2-5-18(26)24-7-9-25(10-8-24)19-17-6-12-28-20(17)23-14-22-19/h1,3-4,6,12-14H,2,5,7-11H2. The molecule has 0 radical (unpaired) electrons. The minimum absolute atomic E-state index is 0.195. The van der Waals surface area contributed by atoms with Gasteiger partial charge in [-0.3, -0.25) is 4.79 Å². The molecule has 0 aliphatic carbocycles. The normalized spacial score (nSPS) is 14.5. The van der Waals surface area contributed by atoms with Crippen LogP contribution in [0, 0.1) is 0 Å².